The molecule has 0 spiro atoms. The van der Waals surface area contributed by atoms with Crippen LogP contribution in [0.1, 0.15) is 25.8 Å². The molecule has 0 N–H and O–H groups in total. The molecular weight excluding hydrogens is 258 g/mol. The van der Waals surface area contributed by atoms with Gasteiger partial charge in [0.15, 0.2) is 0 Å². The van der Waals surface area contributed by atoms with Crippen LogP contribution < -0.4 is 0 Å². The van der Waals surface area contributed by atoms with Crippen molar-refractivity contribution in [2.24, 2.45) is 5.92 Å². The molecule has 1 aromatic heterocycles. The average Bonchev–Trinajstić information content (AvgIpc) is 2.10. The molecule has 0 amide bonds. The van der Waals surface area contributed by atoms with E-state index in [1.165, 1.54) is 12.0 Å². The molecule has 0 fully saturated rings. The summed E-state index contributed by atoms with van der Waals surface area (Å²) in [7, 11) is 0. The Hall–Kier alpha value is -0.0200. The zero-order valence-electron chi connectivity index (χ0n) is 8.88. The van der Waals surface area contributed by atoms with E-state index in [4.69, 9.17) is 0 Å². The minimum atomic E-state index is 0.777. The molecule has 0 aromatic carbocycles. The van der Waals surface area contributed by atoms with Crippen molar-refractivity contribution < 1.29 is 0 Å². The van der Waals surface area contributed by atoms with Crippen LogP contribution in [-0.2, 0) is 0 Å². The fraction of sp³-hybridized carbons (Fsp3) is 0.545. The summed E-state index contributed by atoms with van der Waals surface area (Å²) in [5.74, 6) is 1.94. The van der Waals surface area contributed by atoms with Gasteiger partial charge in [0.2, 0.25) is 0 Å². The highest BCUT2D eigenvalue weighted by molar-refractivity contribution is 9.10. The van der Waals surface area contributed by atoms with Crippen LogP contribution in [0, 0.1) is 12.8 Å². The fourth-order valence-electron chi connectivity index (χ4n) is 0.992. The predicted octanol–water partition coefficient (Wildman–Crippen LogP) is 4.29. The summed E-state index contributed by atoms with van der Waals surface area (Å²) in [5.41, 5.74) is 1.26. The molecule has 14 heavy (non-hydrogen) atoms. The van der Waals surface area contributed by atoms with Gasteiger partial charge in [-0.15, -0.1) is 11.8 Å². The molecule has 1 heterocycles. The third-order valence-corrected chi connectivity index (χ3v) is 3.76. The second-order valence-electron chi connectivity index (χ2n) is 3.80. The van der Waals surface area contributed by atoms with E-state index in [1.54, 1.807) is 0 Å². The number of thioether (sulfide) groups is 1. The smallest absolute Gasteiger partial charge is 0.0963 e. The van der Waals surface area contributed by atoms with E-state index in [2.05, 4.69) is 47.8 Å². The Morgan fingerprint density at radius 1 is 1.50 bits per heavy atom. The Bertz CT molecular complexity index is 299. The van der Waals surface area contributed by atoms with E-state index in [-0.39, 0.29) is 0 Å². The molecule has 0 saturated carbocycles. The van der Waals surface area contributed by atoms with Crippen molar-refractivity contribution in [2.75, 3.05) is 5.75 Å². The Balaban J connectivity index is 2.47. The Kier molecular flexibility index (Phi) is 4.96. The van der Waals surface area contributed by atoms with Crippen LogP contribution >= 0.6 is 27.7 Å². The van der Waals surface area contributed by atoms with Gasteiger partial charge in [-0.1, -0.05) is 13.8 Å². The third-order valence-electron chi connectivity index (χ3n) is 1.97. The van der Waals surface area contributed by atoms with E-state index in [0.717, 1.165) is 21.2 Å². The lowest BCUT2D eigenvalue weighted by molar-refractivity contribution is 0.632. The van der Waals surface area contributed by atoms with Crippen LogP contribution in [0.25, 0.3) is 0 Å². The van der Waals surface area contributed by atoms with E-state index in [0.29, 0.717) is 0 Å². The first kappa shape index (κ1) is 12.1. The predicted molar refractivity (Wildman–Crippen MR) is 66.9 cm³/mol. The number of hydrogen-bond acceptors (Lipinski definition) is 2. The molecule has 0 saturated heterocycles. The molecule has 0 aliphatic rings. The van der Waals surface area contributed by atoms with Crippen molar-refractivity contribution in [3.8, 4) is 0 Å². The van der Waals surface area contributed by atoms with Crippen LogP contribution in [-0.4, -0.2) is 10.7 Å². The van der Waals surface area contributed by atoms with Gasteiger partial charge < -0.3 is 0 Å². The first-order valence-electron chi connectivity index (χ1n) is 4.84. The van der Waals surface area contributed by atoms with Crippen molar-refractivity contribution in [2.45, 2.75) is 32.2 Å². The van der Waals surface area contributed by atoms with Gasteiger partial charge in [-0.05, 0) is 52.6 Å². The summed E-state index contributed by atoms with van der Waals surface area (Å²) in [4.78, 5) is 4.35. The summed E-state index contributed by atoms with van der Waals surface area (Å²) in [6, 6.07) is 2.13. The lowest BCUT2D eigenvalue weighted by Gasteiger charge is -2.05. The lowest BCUT2D eigenvalue weighted by atomic mass is 10.2. The number of pyridine rings is 1. The van der Waals surface area contributed by atoms with Gasteiger partial charge in [0, 0.05) is 10.7 Å². The van der Waals surface area contributed by atoms with E-state index in [9.17, 15) is 0 Å². The van der Waals surface area contributed by atoms with Crippen LogP contribution in [0.5, 0.6) is 0 Å². The quantitative estimate of drug-likeness (QED) is 0.760. The Labute approximate surface area is 98.8 Å². The molecule has 1 rings (SSSR count). The van der Waals surface area contributed by atoms with E-state index in [1.807, 2.05) is 18.0 Å². The molecule has 0 radical (unpaired) electrons. The fourth-order valence-corrected chi connectivity index (χ4v) is 2.39. The summed E-state index contributed by atoms with van der Waals surface area (Å²) >= 11 is 5.29. The van der Waals surface area contributed by atoms with E-state index >= 15 is 0 Å². The van der Waals surface area contributed by atoms with Crippen molar-refractivity contribution >= 4 is 27.7 Å². The van der Waals surface area contributed by atoms with Crippen molar-refractivity contribution in [3.63, 3.8) is 0 Å². The van der Waals surface area contributed by atoms with Crippen molar-refractivity contribution in [1.29, 1.82) is 0 Å². The number of hydrogen-bond donors (Lipinski definition) is 0. The zero-order chi connectivity index (χ0) is 10.6. The molecular formula is C11H16BrNS. The molecule has 0 aliphatic carbocycles. The highest BCUT2D eigenvalue weighted by Gasteiger charge is 2.00. The van der Waals surface area contributed by atoms with Gasteiger partial charge in [-0.3, -0.25) is 0 Å². The van der Waals surface area contributed by atoms with Gasteiger partial charge in [-0.2, -0.15) is 0 Å². The van der Waals surface area contributed by atoms with Gasteiger partial charge in [0.05, 0.1) is 5.03 Å². The van der Waals surface area contributed by atoms with Gasteiger partial charge in [0.1, 0.15) is 0 Å². The van der Waals surface area contributed by atoms with Crippen molar-refractivity contribution in [1.82, 2.24) is 4.98 Å². The Morgan fingerprint density at radius 3 is 2.79 bits per heavy atom. The maximum absolute atomic E-state index is 4.35. The average molecular weight is 274 g/mol. The maximum atomic E-state index is 4.35. The van der Waals surface area contributed by atoms with Gasteiger partial charge in [-0.25, -0.2) is 4.98 Å². The van der Waals surface area contributed by atoms with Gasteiger partial charge in [0.25, 0.3) is 0 Å². The summed E-state index contributed by atoms with van der Waals surface area (Å²) < 4.78 is 1.09. The molecule has 1 aromatic rings. The summed E-state index contributed by atoms with van der Waals surface area (Å²) in [6.45, 7) is 6.60. The number of rotatable bonds is 4. The highest BCUT2D eigenvalue weighted by atomic mass is 79.9. The number of nitrogens with zero attached hydrogens (tertiary/aromatic N) is 1. The lowest BCUT2D eigenvalue weighted by Crippen LogP contribution is -1.91. The molecule has 1 nitrogen and oxygen atoms in total. The first-order chi connectivity index (χ1) is 6.59. The minimum Gasteiger partial charge on any atom is -0.249 e. The molecule has 78 valence electrons. The number of aryl methyl sites for hydroxylation is 1. The largest absolute Gasteiger partial charge is 0.249 e. The first-order valence-corrected chi connectivity index (χ1v) is 6.62. The monoisotopic (exact) mass is 273 g/mol. The molecule has 0 bridgehead atoms. The minimum absolute atomic E-state index is 0.777. The van der Waals surface area contributed by atoms with Crippen LogP contribution in [0.4, 0.5) is 0 Å². The summed E-state index contributed by atoms with van der Waals surface area (Å²) in [6.07, 6.45) is 3.13. The third kappa shape index (κ3) is 4.01. The second-order valence-corrected chi connectivity index (χ2v) is 5.77. The second kappa shape index (κ2) is 5.76. The Morgan fingerprint density at radius 2 is 2.21 bits per heavy atom. The zero-order valence-corrected chi connectivity index (χ0v) is 11.3. The summed E-state index contributed by atoms with van der Waals surface area (Å²) in [5, 5.41) is 1.13. The molecule has 0 unspecified atom stereocenters. The topological polar surface area (TPSA) is 12.9 Å². The standard InChI is InChI=1S/C11H16BrNS/c1-8(2)4-5-14-11-6-9(3)10(12)7-13-11/h6-8H,4-5H2,1-3H3. The highest BCUT2D eigenvalue weighted by Crippen LogP contribution is 2.22. The van der Waals surface area contributed by atoms with Crippen LogP contribution in [0.2, 0.25) is 0 Å². The maximum Gasteiger partial charge on any atom is 0.0963 e. The molecule has 3 heteroatoms. The van der Waals surface area contributed by atoms with Crippen LogP contribution in [0.15, 0.2) is 21.8 Å². The SMILES string of the molecule is Cc1cc(SCCC(C)C)ncc1Br. The molecule has 0 aliphatic heterocycles. The normalized spacial score (nSPS) is 10.9. The van der Waals surface area contributed by atoms with Gasteiger partial charge >= 0.3 is 0 Å². The molecule has 0 atom stereocenters. The number of halogens is 1. The van der Waals surface area contributed by atoms with E-state index < -0.39 is 0 Å². The van der Waals surface area contributed by atoms with Crippen LogP contribution in [0.3, 0.4) is 0 Å². The van der Waals surface area contributed by atoms with Crippen molar-refractivity contribution in [3.05, 3.63) is 22.3 Å². The number of aromatic nitrogens is 1.